The van der Waals surface area contributed by atoms with Crippen molar-refractivity contribution in [1.82, 2.24) is 4.90 Å². The van der Waals surface area contributed by atoms with Gasteiger partial charge in [0, 0.05) is 29.8 Å². The van der Waals surface area contributed by atoms with Crippen LogP contribution in [0.25, 0.3) is 0 Å². The number of hydrogen-bond donors (Lipinski definition) is 0. The topological polar surface area (TPSA) is 38.8 Å². The van der Waals surface area contributed by atoms with Gasteiger partial charge in [0.15, 0.2) is 0 Å². The summed E-state index contributed by atoms with van der Waals surface area (Å²) in [6.07, 6.45) is 2.97. The number of halogens is 1. The van der Waals surface area contributed by atoms with Crippen LogP contribution in [0, 0.1) is 3.57 Å². The van der Waals surface area contributed by atoms with Gasteiger partial charge in [-0.3, -0.25) is 9.69 Å². The van der Waals surface area contributed by atoms with Crippen molar-refractivity contribution in [3.63, 3.8) is 0 Å². The van der Waals surface area contributed by atoms with Gasteiger partial charge >= 0.3 is 5.97 Å². The molecule has 1 saturated heterocycles. The zero-order valence-corrected chi connectivity index (χ0v) is 14.5. The van der Waals surface area contributed by atoms with Crippen LogP contribution in [0.4, 0.5) is 0 Å². The molecule has 1 aromatic carbocycles. The molecule has 0 bridgehead atoms. The molecule has 2 rings (SSSR count). The van der Waals surface area contributed by atoms with E-state index in [1.54, 1.807) is 0 Å². The zero-order valence-electron chi connectivity index (χ0n) is 12.4. The zero-order chi connectivity index (χ0) is 15.1. The third-order valence-electron chi connectivity index (χ3n) is 3.67. The van der Waals surface area contributed by atoms with E-state index in [9.17, 15) is 4.79 Å². The van der Waals surface area contributed by atoms with Crippen LogP contribution < -0.4 is 0 Å². The molecule has 4 nitrogen and oxygen atoms in total. The number of methoxy groups -OCH3 is 1. The maximum atomic E-state index is 11.4. The Bertz CT molecular complexity index is 443. The van der Waals surface area contributed by atoms with Crippen LogP contribution >= 0.6 is 22.6 Å². The average molecular weight is 403 g/mol. The predicted octanol–water partition coefficient (Wildman–Crippen LogP) is 2.84. The van der Waals surface area contributed by atoms with E-state index in [-0.39, 0.29) is 5.97 Å². The molecular weight excluding hydrogens is 381 g/mol. The summed E-state index contributed by atoms with van der Waals surface area (Å²) in [5.41, 5.74) is 1.26. The van der Waals surface area contributed by atoms with Crippen LogP contribution in [-0.2, 0) is 20.8 Å². The number of nitrogens with zero attached hydrogens (tertiary/aromatic N) is 1. The molecule has 1 fully saturated rings. The van der Waals surface area contributed by atoms with Gasteiger partial charge in [-0.05, 0) is 53.1 Å². The lowest BCUT2D eigenvalue weighted by molar-refractivity contribution is -0.141. The summed E-state index contributed by atoms with van der Waals surface area (Å²) in [7, 11) is 1.44. The first-order valence-electron chi connectivity index (χ1n) is 7.32. The monoisotopic (exact) mass is 403 g/mol. The van der Waals surface area contributed by atoms with Crippen LogP contribution in [0.5, 0.6) is 0 Å². The average Bonchev–Trinajstić information content (AvgIpc) is 2.99. The molecule has 0 aromatic heterocycles. The fourth-order valence-corrected chi connectivity index (χ4v) is 2.87. The number of rotatable bonds is 7. The van der Waals surface area contributed by atoms with Gasteiger partial charge in [0.05, 0.1) is 19.6 Å². The smallest absolute Gasteiger partial charge is 0.306 e. The number of esters is 1. The Labute approximate surface area is 139 Å². The SMILES string of the molecule is COC(=O)CCN(Cc1ccc(I)cc1)CC1CCCO1. The highest BCUT2D eigenvalue weighted by molar-refractivity contribution is 14.1. The largest absolute Gasteiger partial charge is 0.469 e. The van der Waals surface area contributed by atoms with E-state index in [0.717, 1.165) is 32.5 Å². The number of benzene rings is 1. The van der Waals surface area contributed by atoms with Gasteiger partial charge in [0.25, 0.3) is 0 Å². The molecule has 5 heteroatoms. The van der Waals surface area contributed by atoms with Crippen molar-refractivity contribution in [2.45, 2.75) is 31.9 Å². The van der Waals surface area contributed by atoms with E-state index in [2.05, 4.69) is 51.8 Å². The molecule has 1 aromatic rings. The fraction of sp³-hybridized carbons (Fsp3) is 0.562. The minimum Gasteiger partial charge on any atom is -0.469 e. The first-order valence-corrected chi connectivity index (χ1v) is 8.40. The van der Waals surface area contributed by atoms with Gasteiger partial charge < -0.3 is 9.47 Å². The summed E-state index contributed by atoms with van der Waals surface area (Å²) >= 11 is 2.31. The summed E-state index contributed by atoms with van der Waals surface area (Å²) < 4.78 is 11.7. The summed E-state index contributed by atoms with van der Waals surface area (Å²) in [5.74, 6) is -0.157. The van der Waals surface area contributed by atoms with E-state index >= 15 is 0 Å². The highest BCUT2D eigenvalue weighted by Crippen LogP contribution is 2.16. The normalized spacial score (nSPS) is 18.1. The maximum Gasteiger partial charge on any atom is 0.306 e. The molecule has 1 atom stereocenters. The number of carbonyl (C=O) groups excluding carboxylic acids is 1. The van der Waals surface area contributed by atoms with Crippen molar-refractivity contribution in [3.05, 3.63) is 33.4 Å². The van der Waals surface area contributed by atoms with Gasteiger partial charge in [-0.1, -0.05) is 12.1 Å². The van der Waals surface area contributed by atoms with Gasteiger partial charge in [-0.15, -0.1) is 0 Å². The van der Waals surface area contributed by atoms with E-state index in [0.29, 0.717) is 19.1 Å². The van der Waals surface area contributed by atoms with E-state index in [1.807, 2.05) is 0 Å². The number of carbonyl (C=O) groups is 1. The van der Waals surface area contributed by atoms with E-state index < -0.39 is 0 Å². The molecule has 1 unspecified atom stereocenters. The van der Waals surface area contributed by atoms with Crippen molar-refractivity contribution in [2.24, 2.45) is 0 Å². The lowest BCUT2D eigenvalue weighted by Crippen LogP contribution is -2.33. The van der Waals surface area contributed by atoms with Crippen LogP contribution in [-0.4, -0.2) is 43.8 Å². The van der Waals surface area contributed by atoms with Crippen molar-refractivity contribution in [2.75, 3.05) is 26.8 Å². The quantitative estimate of drug-likeness (QED) is 0.519. The van der Waals surface area contributed by atoms with Crippen molar-refractivity contribution in [1.29, 1.82) is 0 Å². The lowest BCUT2D eigenvalue weighted by atomic mass is 10.1. The molecule has 0 N–H and O–H groups in total. The van der Waals surface area contributed by atoms with Crippen LogP contribution in [0.2, 0.25) is 0 Å². The Morgan fingerprint density at radius 2 is 2.19 bits per heavy atom. The minimum atomic E-state index is -0.157. The predicted molar refractivity (Wildman–Crippen MR) is 90.0 cm³/mol. The molecule has 0 amide bonds. The Morgan fingerprint density at radius 3 is 2.81 bits per heavy atom. The second-order valence-corrected chi connectivity index (χ2v) is 6.57. The van der Waals surface area contributed by atoms with Crippen LogP contribution in [0.3, 0.4) is 0 Å². The Kier molecular flexibility index (Phi) is 6.92. The van der Waals surface area contributed by atoms with Crippen LogP contribution in [0.15, 0.2) is 24.3 Å². The number of hydrogen-bond acceptors (Lipinski definition) is 4. The molecule has 21 heavy (non-hydrogen) atoms. The first kappa shape index (κ1) is 16.7. The maximum absolute atomic E-state index is 11.4. The molecule has 0 spiro atoms. The molecule has 0 aliphatic carbocycles. The molecular formula is C16H22INO3. The third kappa shape index (κ3) is 5.92. The molecule has 0 radical (unpaired) electrons. The molecule has 0 saturated carbocycles. The summed E-state index contributed by atoms with van der Waals surface area (Å²) in [5, 5.41) is 0. The molecule has 116 valence electrons. The first-order chi connectivity index (χ1) is 10.2. The summed E-state index contributed by atoms with van der Waals surface area (Å²) in [6.45, 7) is 3.29. The standard InChI is InChI=1S/C16H22INO3/c1-20-16(19)8-9-18(12-15-3-2-10-21-15)11-13-4-6-14(17)7-5-13/h4-7,15H,2-3,8-12H2,1H3. The highest BCUT2D eigenvalue weighted by Gasteiger charge is 2.20. The van der Waals surface area contributed by atoms with Gasteiger partial charge in [-0.25, -0.2) is 0 Å². The Balaban J connectivity index is 1.92. The lowest BCUT2D eigenvalue weighted by Gasteiger charge is -2.25. The summed E-state index contributed by atoms with van der Waals surface area (Å²) in [6, 6.07) is 8.51. The fourth-order valence-electron chi connectivity index (χ4n) is 2.51. The van der Waals surface area contributed by atoms with Gasteiger partial charge in [0.1, 0.15) is 0 Å². The molecule has 1 aliphatic heterocycles. The van der Waals surface area contributed by atoms with Gasteiger partial charge in [-0.2, -0.15) is 0 Å². The summed E-state index contributed by atoms with van der Waals surface area (Å²) in [4.78, 5) is 13.7. The molecule has 1 heterocycles. The second kappa shape index (κ2) is 8.70. The van der Waals surface area contributed by atoms with Gasteiger partial charge in [0.2, 0.25) is 0 Å². The van der Waals surface area contributed by atoms with Crippen LogP contribution in [0.1, 0.15) is 24.8 Å². The Hall–Kier alpha value is -0.660. The van der Waals surface area contributed by atoms with Crippen molar-refractivity contribution < 1.29 is 14.3 Å². The van der Waals surface area contributed by atoms with E-state index in [1.165, 1.54) is 16.2 Å². The van der Waals surface area contributed by atoms with E-state index in [4.69, 9.17) is 9.47 Å². The minimum absolute atomic E-state index is 0.157. The second-order valence-electron chi connectivity index (χ2n) is 5.32. The molecule has 1 aliphatic rings. The van der Waals surface area contributed by atoms with Crippen molar-refractivity contribution >= 4 is 28.6 Å². The van der Waals surface area contributed by atoms with Crippen molar-refractivity contribution in [3.8, 4) is 0 Å². The third-order valence-corrected chi connectivity index (χ3v) is 4.38. The Morgan fingerprint density at radius 1 is 1.43 bits per heavy atom. The highest BCUT2D eigenvalue weighted by atomic mass is 127. The number of ether oxygens (including phenoxy) is 2.